The van der Waals surface area contributed by atoms with E-state index in [0.29, 0.717) is 5.69 Å². The number of hydrogen-bond donors (Lipinski definition) is 2. The van der Waals surface area contributed by atoms with E-state index in [1.807, 2.05) is 12.1 Å². The van der Waals surface area contributed by atoms with Gasteiger partial charge in [-0.1, -0.05) is 56.8 Å². The molecule has 22 heavy (non-hydrogen) atoms. The monoisotopic (exact) mass is 421 g/mol. The number of carbonyl (C=O) groups is 1. The lowest BCUT2D eigenvalue weighted by molar-refractivity contribution is 0.0937. The number of hydrogen-bond acceptors (Lipinski definition) is 3. The number of carbonyl (C=O) groups excluding carboxylic acids is 1. The SMILES string of the molecule is O=C(N[C@@H](Nc1ccc(Br)cc1)C(Cl)(Cl)Cl)c1ccccn1. The number of nitrogens with zero attached hydrogens (tertiary/aromatic N) is 1. The maximum absolute atomic E-state index is 12.1. The second-order valence-electron chi connectivity index (χ2n) is 4.31. The maximum atomic E-state index is 12.1. The van der Waals surface area contributed by atoms with Crippen molar-refractivity contribution in [3.05, 3.63) is 58.8 Å². The summed E-state index contributed by atoms with van der Waals surface area (Å²) in [4.78, 5) is 16.1. The van der Waals surface area contributed by atoms with E-state index in [-0.39, 0.29) is 5.69 Å². The number of nitrogens with one attached hydrogen (secondary N) is 2. The highest BCUT2D eigenvalue weighted by Crippen LogP contribution is 2.31. The molecule has 0 aliphatic rings. The van der Waals surface area contributed by atoms with Crippen molar-refractivity contribution in [1.82, 2.24) is 10.3 Å². The van der Waals surface area contributed by atoms with E-state index in [4.69, 9.17) is 34.8 Å². The second kappa shape index (κ2) is 7.51. The minimum atomic E-state index is -1.74. The number of halogens is 4. The number of anilines is 1. The van der Waals surface area contributed by atoms with Crippen LogP contribution >= 0.6 is 50.7 Å². The molecule has 8 heteroatoms. The van der Waals surface area contributed by atoms with Crippen molar-refractivity contribution >= 4 is 62.3 Å². The Bertz CT molecular complexity index is 632. The lowest BCUT2D eigenvalue weighted by atomic mass is 10.3. The smallest absolute Gasteiger partial charge is 0.271 e. The molecule has 0 radical (unpaired) electrons. The van der Waals surface area contributed by atoms with E-state index in [0.717, 1.165) is 4.47 Å². The fourth-order valence-electron chi connectivity index (χ4n) is 1.61. The number of pyridine rings is 1. The van der Waals surface area contributed by atoms with Gasteiger partial charge in [0.05, 0.1) is 0 Å². The predicted molar refractivity (Wildman–Crippen MR) is 93.5 cm³/mol. The lowest BCUT2D eigenvalue weighted by Crippen LogP contribution is -2.49. The van der Waals surface area contributed by atoms with Gasteiger partial charge in [0.25, 0.3) is 5.91 Å². The van der Waals surface area contributed by atoms with Gasteiger partial charge in [0, 0.05) is 16.4 Å². The van der Waals surface area contributed by atoms with Gasteiger partial charge in [-0.25, -0.2) is 0 Å². The number of amides is 1. The van der Waals surface area contributed by atoms with Crippen molar-refractivity contribution in [2.24, 2.45) is 0 Å². The van der Waals surface area contributed by atoms with Gasteiger partial charge in [0.1, 0.15) is 11.9 Å². The molecule has 0 aliphatic carbocycles. The van der Waals surface area contributed by atoms with Crippen LogP contribution in [0.2, 0.25) is 0 Å². The molecule has 2 rings (SSSR count). The Labute approximate surface area is 151 Å². The van der Waals surface area contributed by atoms with E-state index < -0.39 is 15.9 Å². The first kappa shape index (κ1) is 17.3. The summed E-state index contributed by atoms with van der Waals surface area (Å²) in [6.07, 6.45) is 0.592. The van der Waals surface area contributed by atoms with Gasteiger partial charge < -0.3 is 10.6 Å². The van der Waals surface area contributed by atoms with Crippen molar-refractivity contribution in [3.63, 3.8) is 0 Å². The molecule has 0 saturated carbocycles. The third-order valence-electron chi connectivity index (χ3n) is 2.66. The average molecular weight is 424 g/mol. The van der Waals surface area contributed by atoms with Crippen molar-refractivity contribution in [3.8, 4) is 0 Å². The van der Waals surface area contributed by atoms with Crippen LogP contribution in [0.5, 0.6) is 0 Å². The van der Waals surface area contributed by atoms with E-state index in [1.54, 1.807) is 30.3 Å². The van der Waals surface area contributed by atoms with Gasteiger partial charge in [-0.15, -0.1) is 0 Å². The van der Waals surface area contributed by atoms with Crippen molar-refractivity contribution in [1.29, 1.82) is 0 Å². The highest BCUT2D eigenvalue weighted by Gasteiger charge is 2.34. The van der Waals surface area contributed by atoms with Crippen LogP contribution in [0.3, 0.4) is 0 Å². The van der Waals surface area contributed by atoms with Gasteiger partial charge in [0.2, 0.25) is 3.79 Å². The summed E-state index contributed by atoms with van der Waals surface area (Å²) < 4.78 is -0.821. The molecule has 116 valence electrons. The molecule has 1 aromatic carbocycles. The van der Waals surface area contributed by atoms with E-state index >= 15 is 0 Å². The zero-order valence-corrected chi connectivity index (χ0v) is 14.9. The number of aromatic nitrogens is 1. The summed E-state index contributed by atoms with van der Waals surface area (Å²) >= 11 is 21.1. The molecular formula is C14H11BrCl3N3O. The van der Waals surface area contributed by atoms with Crippen LogP contribution in [0.25, 0.3) is 0 Å². The largest absolute Gasteiger partial charge is 0.362 e. The fourth-order valence-corrected chi connectivity index (χ4v) is 2.21. The van der Waals surface area contributed by atoms with Crippen molar-refractivity contribution in [2.75, 3.05) is 5.32 Å². The molecule has 0 saturated heterocycles. The average Bonchev–Trinajstić information content (AvgIpc) is 2.48. The molecular weight excluding hydrogens is 412 g/mol. The summed E-state index contributed by atoms with van der Waals surface area (Å²) in [7, 11) is 0. The summed E-state index contributed by atoms with van der Waals surface area (Å²) in [5.74, 6) is -0.443. The Morgan fingerprint density at radius 3 is 2.36 bits per heavy atom. The van der Waals surface area contributed by atoms with Gasteiger partial charge in [-0.05, 0) is 36.4 Å². The van der Waals surface area contributed by atoms with Crippen LogP contribution in [0.15, 0.2) is 53.1 Å². The Hall–Kier alpha value is -1.01. The topological polar surface area (TPSA) is 54.0 Å². The molecule has 1 amide bonds. The normalized spacial score (nSPS) is 12.5. The van der Waals surface area contributed by atoms with Crippen molar-refractivity contribution in [2.45, 2.75) is 9.96 Å². The first-order valence-electron chi connectivity index (χ1n) is 6.17. The Kier molecular flexibility index (Phi) is 5.92. The van der Waals surface area contributed by atoms with Gasteiger partial charge >= 0.3 is 0 Å². The molecule has 4 nitrogen and oxygen atoms in total. The quantitative estimate of drug-likeness (QED) is 0.567. The number of rotatable bonds is 4. The van der Waals surface area contributed by atoms with Gasteiger partial charge in [-0.3, -0.25) is 9.78 Å². The lowest BCUT2D eigenvalue weighted by Gasteiger charge is -2.27. The van der Waals surface area contributed by atoms with Gasteiger partial charge in [-0.2, -0.15) is 0 Å². The third-order valence-corrected chi connectivity index (χ3v) is 3.84. The zero-order chi connectivity index (χ0) is 16.2. The van der Waals surface area contributed by atoms with Crippen LogP contribution in [0.1, 0.15) is 10.5 Å². The minimum absolute atomic E-state index is 0.236. The highest BCUT2D eigenvalue weighted by molar-refractivity contribution is 9.10. The second-order valence-corrected chi connectivity index (χ2v) is 7.60. The predicted octanol–water partition coefficient (Wildman–Crippen LogP) is 4.38. The summed E-state index contributed by atoms with van der Waals surface area (Å²) in [6.45, 7) is 0. The third kappa shape index (κ3) is 5.02. The zero-order valence-electron chi connectivity index (χ0n) is 11.1. The Morgan fingerprint density at radius 1 is 1.14 bits per heavy atom. The number of benzene rings is 1. The first-order valence-corrected chi connectivity index (χ1v) is 8.09. The molecule has 0 bridgehead atoms. The molecule has 0 aliphatic heterocycles. The summed E-state index contributed by atoms with van der Waals surface area (Å²) in [5.41, 5.74) is 0.931. The van der Waals surface area contributed by atoms with Crippen LogP contribution in [0.4, 0.5) is 5.69 Å². The molecule has 2 aromatic rings. The van der Waals surface area contributed by atoms with E-state index in [2.05, 4.69) is 31.5 Å². The summed E-state index contributed by atoms with van der Waals surface area (Å²) in [5, 5.41) is 5.59. The maximum Gasteiger partial charge on any atom is 0.271 e. The number of alkyl halides is 3. The minimum Gasteiger partial charge on any atom is -0.362 e. The Balaban J connectivity index is 2.13. The Morgan fingerprint density at radius 2 is 1.82 bits per heavy atom. The van der Waals surface area contributed by atoms with Crippen LogP contribution < -0.4 is 10.6 Å². The summed E-state index contributed by atoms with van der Waals surface area (Å²) in [6, 6.07) is 12.2. The van der Waals surface area contributed by atoms with Crippen molar-refractivity contribution < 1.29 is 4.79 Å². The van der Waals surface area contributed by atoms with Gasteiger partial charge in [0.15, 0.2) is 0 Å². The molecule has 1 aromatic heterocycles. The van der Waals surface area contributed by atoms with E-state index in [9.17, 15) is 4.79 Å². The standard InChI is InChI=1S/C14H11BrCl3N3O/c15-9-4-6-10(7-5-9)20-13(14(16,17)18)21-12(22)11-3-1-2-8-19-11/h1-8,13,20H,(H,21,22)/t13-/m1/s1. The molecule has 0 unspecified atom stereocenters. The molecule has 1 heterocycles. The van der Waals surface area contributed by atoms with Crippen LogP contribution in [-0.2, 0) is 0 Å². The first-order chi connectivity index (χ1) is 10.4. The molecule has 0 fully saturated rings. The van der Waals surface area contributed by atoms with Crippen LogP contribution in [0, 0.1) is 0 Å². The molecule has 0 spiro atoms. The highest BCUT2D eigenvalue weighted by atomic mass is 79.9. The fraction of sp³-hybridized carbons (Fsp3) is 0.143. The molecule has 2 N–H and O–H groups in total. The molecule has 1 atom stereocenters. The van der Waals surface area contributed by atoms with Crippen LogP contribution in [-0.4, -0.2) is 20.8 Å². The van der Waals surface area contributed by atoms with E-state index in [1.165, 1.54) is 6.20 Å².